The molecule has 3 N–H and O–H groups in total. The van der Waals surface area contributed by atoms with Crippen LogP contribution in [0.25, 0.3) is 0 Å². The zero-order chi connectivity index (χ0) is 21.4. The Kier molecular flexibility index (Phi) is 8.70. The van der Waals surface area contributed by atoms with Crippen LogP contribution in [0.15, 0.2) is 0 Å². The Morgan fingerprint density at radius 2 is 1.38 bits per heavy atom. The molecule has 0 bridgehead atoms. The summed E-state index contributed by atoms with van der Waals surface area (Å²) in [7, 11) is 0. The van der Waals surface area contributed by atoms with E-state index in [0.717, 1.165) is 0 Å². The van der Waals surface area contributed by atoms with Gasteiger partial charge in [0.2, 0.25) is 46.1 Å². The summed E-state index contributed by atoms with van der Waals surface area (Å²) >= 11 is 5.66. The zero-order valence-corrected chi connectivity index (χ0v) is 15.4. The molecule has 0 aliphatic rings. The van der Waals surface area contributed by atoms with Gasteiger partial charge in [-0.25, -0.2) is 13.2 Å². The second-order valence-electron chi connectivity index (χ2n) is 5.15. The molecule has 0 amide bonds. The number of hydrogen-bond donors (Lipinski definition) is 2. The molecular formula is C15H15ClF5N5O3. The smallest absolute Gasteiger partial charge is 0.328 e. The van der Waals surface area contributed by atoms with Crippen molar-refractivity contribution in [3.8, 4) is 11.8 Å². The molecule has 1 aromatic heterocycles. The number of rotatable bonds is 11. The topological polar surface area (TPSA) is 104 Å². The minimum Gasteiger partial charge on any atom is -0.418 e. The van der Waals surface area contributed by atoms with Gasteiger partial charge in [-0.3, -0.25) is 0 Å². The molecule has 0 saturated carbocycles. The van der Waals surface area contributed by atoms with Crippen LogP contribution in [0.1, 0.15) is 0 Å². The molecule has 29 heavy (non-hydrogen) atoms. The fourth-order valence-electron chi connectivity index (χ4n) is 1.86. The lowest BCUT2D eigenvalue weighted by Gasteiger charge is -2.10. The van der Waals surface area contributed by atoms with Crippen LogP contribution < -0.4 is 15.8 Å². The van der Waals surface area contributed by atoms with Crippen LogP contribution in [0.3, 0.4) is 0 Å². The van der Waals surface area contributed by atoms with Gasteiger partial charge >= 0.3 is 6.01 Å². The molecule has 0 atom stereocenters. The van der Waals surface area contributed by atoms with Crippen molar-refractivity contribution in [2.45, 2.75) is 0 Å². The molecule has 1 heterocycles. The molecule has 0 aliphatic carbocycles. The maximum absolute atomic E-state index is 13.7. The lowest BCUT2D eigenvalue weighted by Crippen LogP contribution is -2.16. The van der Waals surface area contributed by atoms with E-state index in [0.29, 0.717) is 26.4 Å². The van der Waals surface area contributed by atoms with E-state index in [9.17, 15) is 22.0 Å². The molecular weight excluding hydrogens is 429 g/mol. The second-order valence-corrected chi connectivity index (χ2v) is 5.49. The maximum atomic E-state index is 13.7. The lowest BCUT2D eigenvalue weighted by atomic mass is 10.2. The van der Waals surface area contributed by atoms with Gasteiger partial charge in [0.05, 0.1) is 26.4 Å². The number of halogens is 6. The van der Waals surface area contributed by atoms with E-state index >= 15 is 0 Å². The first-order valence-corrected chi connectivity index (χ1v) is 8.43. The molecule has 160 valence electrons. The number of nitrogens with one attached hydrogen (secondary N) is 1. The third-order valence-corrected chi connectivity index (χ3v) is 3.28. The van der Waals surface area contributed by atoms with E-state index in [1.54, 1.807) is 0 Å². The van der Waals surface area contributed by atoms with Gasteiger partial charge in [0.1, 0.15) is 0 Å². The average molecular weight is 444 g/mol. The number of aromatic nitrogens is 3. The molecule has 14 heteroatoms. The number of anilines is 1. The van der Waals surface area contributed by atoms with Gasteiger partial charge in [-0.2, -0.15) is 23.7 Å². The van der Waals surface area contributed by atoms with Gasteiger partial charge < -0.3 is 25.3 Å². The van der Waals surface area contributed by atoms with Crippen molar-refractivity contribution in [3.05, 3.63) is 34.4 Å². The summed E-state index contributed by atoms with van der Waals surface area (Å²) in [6.45, 7) is 1.89. The van der Waals surface area contributed by atoms with Crippen molar-refractivity contribution < 1.29 is 36.2 Å². The van der Waals surface area contributed by atoms with Gasteiger partial charge in [0.25, 0.3) is 0 Å². The number of ether oxygens (including phenoxy) is 3. The van der Waals surface area contributed by atoms with Crippen molar-refractivity contribution in [1.82, 2.24) is 15.0 Å². The van der Waals surface area contributed by atoms with Crippen molar-refractivity contribution in [2.75, 3.05) is 44.8 Å². The molecule has 0 saturated heterocycles. The van der Waals surface area contributed by atoms with Gasteiger partial charge in [-0.05, 0) is 11.6 Å². The highest BCUT2D eigenvalue weighted by atomic mass is 35.5. The number of benzene rings is 1. The molecule has 0 unspecified atom stereocenters. The predicted molar refractivity (Wildman–Crippen MR) is 90.3 cm³/mol. The Morgan fingerprint density at radius 3 is 2.00 bits per heavy atom. The van der Waals surface area contributed by atoms with Crippen molar-refractivity contribution in [2.24, 2.45) is 5.73 Å². The van der Waals surface area contributed by atoms with Crippen LogP contribution in [0, 0.1) is 29.1 Å². The van der Waals surface area contributed by atoms with E-state index in [2.05, 4.69) is 25.0 Å². The molecule has 2 rings (SSSR count). The number of hydrogen-bond acceptors (Lipinski definition) is 8. The van der Waals surface area contributed by atoms with Crippen LogP contribution in [-0.4, -0.2) is 54.5 Å². The fourth-order valence-corrected chi connectivity index (χ4v) is 2.01. The second kappa shape index (κ2) is 11.0. The Morgan fingerprint density at radius 1 is 0.793 bits per heavy atom. The monoisotopic (exact) mass is 443 g/mol. The highest BCUT2D eigenvalue weighted by Gasteiger charge is 2.28. The molecule has 1 aromatic carbocycles. The molecule has 8 nitrogen and oxygen atoms in total. The fraction of sp³-hybridized carbons (Fsp3) is 0.400. The first-order valence-electron chi connectivity index (χ1n) is 8.05. The van der Waals surface area contributed by atoms with Crippen LogP contribution in [0.4, 0.5) is 27.9 Å². The van der Waals surface area contributed by atoms with Crippen LogP contribution in [-0.2, 0) is 9.47 Å². The van der Waals surface area contributed by atoms with Crippen molar-refractivity contribution in [1.29, 1.82) is 0 Å². The van der Waals surface area contributed by atoms with Crippen molar-refractivity contribution >= 4 is 17.5 Å². The normalized spacial score (nSPS) is 11.0. The van der Waals surface area contributed by atoms with Crippen molar-refractivity contribution in [3.63, 3.8) is 0 Å². The van der Waals surface area contributed by atoms with Gasteiger partial charge in [0.15, 0.2) is 0 Å². The molecule has 0 radical (unpaired) electrons. The van der Waals surface area contributed by atoms with E-state index in [1.807, 2.05) is 0 Å². The third kappa shape index (κ3) is 6.32. The number of nitrogens with zero attached hydrogens (tertiary/aromatic N) is 3. The minimum atomic E-state index is -2.32. The van der Waals surface area contributed by atoms with Gasteiger partial charge in [-0.1, -0.05) is 0 Å². The molecule has 0 spiro atoms. The summed E-state index contributed by atoms with van der Waals surface area (Å²) in [5.41, 5.74) is 5.25. The standard InChI is InChI=1S/C15H15ClF5N5O3/c16-13-24-14(23-2-4-28-6-5-27-3-1-22)26-15(25-13)29-12-10(20)8(18)7(17)9(19)11(12)21/h1-6,22H2,(H,23,24,25,26). The van der Waals surface area contributed by atoms with Gasteiger partial charge in [0, 0.05) is 13.1 Å². The molecule has 2 aromatic rings. The van der Waals surface area contributed by atoms with E-state index in [1.165, 1.54) is 0 Å². The summed E-state index contributed by atoms with van der Waals surface area (Å²) in [5.74, 6) is -12.8. The largest absolute Gasteiger partial charge is 0.418 e. The lowest BCUT2D eigenvalue weighted by molar-refractivity contribution is 0.0547. The Bertz CT molecular complexity index is 819. The minimum absolute atomic E-state index is 0.174. The van der Waals surface area contributed by atoms with E-state index in [-0.39, 0.29) is 19.1 Å². The summed E-state index contributed by atoms with van der Waals surface area (Å²) in [6.07, 6.45) is 0. The quantitative estimate of drug-likeness (QED) is 0.236. The average Bonchev–Trinajstić information content (AvgIpc) is 2.70. The SMILES string of the molecule is NCCOCCOCCNc1nc(Cl)nc(Oc2c(F)c(F)c(F)c(F)c2F)n1. The molecule has 0 aliphatic heterocycles. The predicted octanol–water partition coefficient (Wildman–Crippen LogP) is 2.42. The summed E-state index contributed by atoms with van der Waals surface area (Å²) in [5, 5.41) is 2.22. The van der Waals surface area contributed by atoms with Gasteiger partial charge in [-0.15, -0.1) is 0 Å². The Balaban J connectivity index is 2.00. The van der Waals surface area contributed by atoms with E-state index < -0.39 is 46.1 Å². The Hall–Kier alpha value is -2.35. The summed E-state index contributed by atoms with van der Waals surface area (Å²) in [4.78, 5) is 10.8. The highest BCUT2D eigenvalue weighted by molar-refractivity contribution is 6.28. The van der Waals surface area contributed by atoms with Crippen LogP contribution >= 0.6 is 11.6 Å². The first kappa shape index (κ1) is 22.9. The molecule has 0 fully saturated rings. The maximum Gasteiger partial charge on any atom is 0.328 e. The number of nitrogens with two attached hydrogens (primary N) is 1. The Labute approximate surface area is 166 Å². The zero-order valence-electron chi connectivity index (χ0n) is 14.7. The van der Waals surface area contributed by atoms with Crippen LogP contribution in [0.5, 0.6) is 11.8 Å². The van der Waals surface area contributed by atoms with E-state index in [4.69, 9.17) is 26.8 Å². The third-order valence-electron chi connectivity index (χ3n) is 3.11. The van der Waals surface area contributed by atoms with Crippen LogP contribution in [0.2, 0.25) is 5.28 Å². The first-order chi connectivity index (χ1) is 13.8. The highest BCUT2D eigenvalue weighted by Crippen LogP contribution is 2.31. The summed E-state index contributed by atoms with van der Waals surface area (Å²) < 4.78 is 81.9. The summed E-state index contributed by atoms with van der Waals surface area (Å²) in [6, 6.07) is -0.785.